The minimum Gasteiger partial charge on any atom is -0.478 e. The smallest absolute Gasteiger partial charge is 0.345 e. The Morgan fingerprint density at radius 3 is 2.62 bits per heavy atom. The van der Waals surface area contributed by atoms with E-state index in [4.69, 9.17) is 20.0 Å². The van der Waals surface area contributed by atoms with E-state index in [1.807, 2.05) is 0 Å². The number of hydrogen-bond donors (Lipinski definition) is 3. The molecule has 0 unspecified atom stereocenters. The predicted octanol–water partition coefficient (Wildman–Crippen LogP) is 1.59. The lowest BCUT2D eigenvalue weighted by molar-refractivity contribution is -0.138. The average molecular weight is 298 g/mol. The van der Waals surface area contributed by atoms with Crippen molar-refractivity contribution in [2.45, 2.75) is 39.0 Å². The SMILES string of the molecule is CCOC(=O)/C(C=N)=C(/NCCO)OCC1CCCCC1. The number of carbonyl (C=O) groups is 1. The van der Waals surface area contributed by atoms with Crippen LogP contribution in [0.2, 0.25) is 0 Å². The van der Waals surface area contributed by atoms with Gasteiger partial charge in [-0.3, -0.25) is 0 Å². The van der Waals surface area contributed by atoms with Gasteiger partial charge in [0, 0.05) is 12.8 Å². The van der Waals surface area contributed by atoms with Crippen LogP contribution in [0.4, 0.5) is 0 Å². The van der Waals surface area contributed by atoms with Crippen molar-refractivity contribution in [1.82, 2.24) is 5.32 Å². The third kappa shape index (κ3) is 6.16. The van der Waals surface area contributed by atoms with E-state index in [0.717, 1.165) is 19.1 Å². The number of rotatable bonds is 9. The standard InChI is InChI=1S/C15H26N2O4/c1-2-20-15(19)13(10-16)14(17-8-9-18)21-11-12-6-4-3-5-7-12/h10,12,16-18H,2-9,11H2,1H3/b14-13-,16-10?. The van der Waals surface area contributed by atoms with Gasteiger partial charge in [-0.15, -0.1) is 0 Å². The van der Waals surface area contributed by atoms with Crippen LogP contribution in [0.5, 0.6) is 0 Å². The van der Waals surface area contributed by atoms with Crippen LogP contribution in [-0.4, -0.2) is 43.7 Å². The maximum Gasteiger partial charge on any atom is 0.345 e. The Hall–Kier alpha value is -1.56. The molecule has 0 spiro atoms. The van der Waals surface area contributed by atoms with Gasteiger partial charge in [-0.1, -0.05) is 19.3 Å². The summed E-state index contributed by atoms with van der Waals surface area (Å²) in [7, 11) is 0. The van der Waals surface area contributed by atoms with Crippen molar-refractivity contribution in [2.24, 2.45) is 5.92 Å². The fourth-order valence-corrected chi connectivity index (χ4v) is 2.37. The van der Waals surface area contributed by atoms with Gasteiger partial charge in [0.25, 0.3) is 0 Å². The van der Waals surface area contributed by atoms with Crippen LogP contribution < -0.4 is 5.32 Å². The summed E-state index contributed by atoms with van der Waals surface area (Å²) in [5.41, 5.74) is 0.0566. The summed E-state index contributed by atoms with van der Waals surface area (Å²) in [6.07, 6.45) is 6.90. The van der Waals surface area contributed by atoms with Crippen molar-refractivity contribution in [2.75, 3.05) is 26.4 Å². The highest BCUT2D eigenvalue weighted by atomic mass is 16.5. The molecule has 0 amide bonds. The van der Waals surface area contributed by atoms with Gasteiger partial charge < -0.3 is 25.3 Å². The Labute approximate surface area is 126 Å². The highest BCUT2D eigenvalue weighted by Gasteiger charge is 2.19. The van der Waals surface area contributed by atoms with E-state index in [-0.39, 0.29) is 31.2 Å². The molecule has 0 atom stereocenters. The summed E-state index contributed by atoms with van der Waals surface area (Å²) in [6, 6.07) is 0. The first-order valence-corrected chi connectivity index (χ1v) is 7.62. The minimum absolute atomic E-state index is 0.0566. The van der Waals surface area contributed by atoms with Crippen molar-refractivity contribution >= 4 is 12.2 Å². The number of nitrogens with one attached hydrogen (secondary N) is 2. The highest BCUT2D eigenvalue weighted by Crippen LogP contribution is 2.24. The number of aliphatic hydroxyl groups is 1. The number of ether oxygens (including phenoxy) is 2. The number of esters is 1. The zero-order valence-electron chi connectivity index (χ0n) is 12.7. The van der Waals surface area contributed by atoms with Gasteiger partial charge in [0.2, 0.25) is 5.88 Å². The predicted molar refractivity (Wildman–Crippen MR) is 80.1 cm³/mol. The van der Waals surface area contributed by atoms with Crippen molar-refractivity contribution in [3.63, 3.8) is 0 Å². The van der Waals surface area contributed by atoms with Crippen molar-refractivity contribution in [1.29, 1.82) is 5.41 Å². The second-order valence-electron chi connectivity index (χ2n) is 5.07. The molecule has 0 bridgehead atoms. The largest absolute Gasteiger partial charge is 0.478 e. The van der Waals surface area contributed by atoms with E-state index in [1.165, 1.54) is 19.3 Å². The lowest BCUT2D eigenvalue weighted by Crippen LogP contribution is -2.27. The molecule has 0 aliphatic heterocycles. The van der Waals surface area contributed by atoms with Crippen molar-refractivity contribution < 1.29 is 19.4 Å². The summed E-state index contributed by atoms with van der Waals surface area (Å²) >= 11 is 0. The lowest BCUT2D eigenvalue weighted by atomic mass is 9.90. The zero-order valence-corrected chi connectivity index (χ0v) is 12.7. The van der Waals surface area contributed by atoms with E-state index < -0.39 is 5.97 Å². The topological polar surface area (TPSA) is 91.6 Å². The van der Waals surface area contributed by atoms with E-state index in [9.17, 15) is 4.79 Å². The highest BCUT2D eigenvalue weighted by molar-refractivity contribution is 6.08. The van der Waals surface area contributed by atoms with E-state index >= 15 is 0 Å². The first-order valence-electron chi connectivity index (χ1n) is 7.62. The van der Waals surface area contributed by atoms with Crippen LogP contribution in [0.3, 0.4) is 0 Å². The second-order valence-corrected chi connectivity index (χ2v) is 5.07. The lowest BCUT2D eigenvalue weighted by Gasteiger charge is -2.23. The van der Waals surface area contributed by atoms with Crippen LogP contribution in [0.1, 0.15) is 39.0 Å². The number of carbonyl (C=O) groups excluding carboxylic acids is 1. The molecule has 0 heterocycles. The second kappa shape index (κ2) is 10.2. The Morgan fingerprint density at radius 1 is 1.33 bits per heavy atom. The van der Waals surface area contributed by atoms with E-state index in [0.29, 0.717) is 12.5 Å². The van der Waals surface area contributed by atoms with E-state index in [2.05, 4.69) is 5.32 Å². The van der Waals surface area contributed by atoms with Crippen LogP contribution in [0, 0.1) is 11.3 Å². The molecule has 0 radical (unpaired) electrons. The molecule has 3 N–H and O–H groups in total. The van der Waals surface area contributed by atoms with Gasteiger partial charge in [0.15, 0.2) is 0 Å². The van der Waals surface area contributed by atoms with Gasteiger partial charge >= 0.3 is 5.97 Å². The minimum atomic E-state index is -0.586. The zero-order chi connectivity index (χ0) is 15.5. The molecule has 120 valence electrons. The molecular weight excluding hydrogens is 272 g/mol. The van der Waals surface area contributed by atoms with Gasteiger partial charge in [-0.2, -0.15) is 0 Å². The molecule has 0 saturated heterocycles. The fraction of sp³-hybridized carbons (Fsp3) is 0.733. The van der Waals surface area contributed by atoms with Crippen LogP contribution in [0.15, 0.2) is 11.5 Å². The summed E-state index contributed by atoms with van der Waals surface area (Å²) in [5, 5.41) is 19.2. The quantitative estimate of drug-likeness (QED) is 0.260. The summed E-state index contributed by atoms with van der Waals surface area (Å²) in [6.45, 7) is 2.65. The Kier molecular flexibility index (Phi) is 8.50. The van der Waals surface area contributed by atoms with Gasteiger partial charge in [0.05, 0.1) is 19.8 Å². The first-order chi connectivity index (χ1) is 10.2. The summed E-state index contributed by atoms with van der Waals surface area (Å²) in [5.74, 6) is 0.124. The molecule has 1 aliphatic rings. The van der Waals surface area contributed by atoms with Crippen molar-refractivity contribution in [3.05, 3.63) is 11.5 Å². The molecule has 6 heteroatoms. The van der Waals surface area contributed by atoms with Gasteiger partial charge in [-0.25, -0.2) is 4.79 Å². The molecule has 1 aliphatic carbocycles. The number of hydrogen-bond acceptors (Lipinski definition) is 6. The fourth-order valence-electron chi connectivity index (χ4n) is 2.37. The third-order valence-corrected chi connectivity index (χ3v) is 3.47. The maximum atomic E-state index is 11.8. The van der Waals surface area contributed by atoms with Gasteiger partial charge in [0.1, 0.15) is 5.57 Å². The molecule has 0 aromatic heterocycles. The maximum absolute atomic E-state index is 11.8. The molecule has 1 fully saturated rings. The van der Waals surface area contributed by atoms with Gasteiger partial charge in [-0.05, 0) is 25.7 Å². The average Bonchev–Trinajstić information content (AvgIpc) is 2.51. The molecule has 0 aromatic rings. The molecule has 0 aromatic carbocycles. The molecule has 6 nitrogen and oxygen atoms in total. The molecule has 21 heavy (non-hydrogen) atoms. The Morgan fingerprint density at radius 2 is 2.05 bits per heavy atom. The summed E-state index contributed by atoms with van der Waals surface area (Å²) < 4.78 is 10.6. The Bertz CT molecular complexity index is 363. The van der Waals surface area contributed by atoms with E-state index in [1.54, 1.807) is 6.92 Å². The summed E-state index contributed by atoms with van der Waals surface area (Å²) in [4.78, 5) is 11.8. The molecule has 1 rings (SSSR count). The first kappa shape index (κ1) is 17.5. The van der Waals surface area contributed by atoms with Crippen LogP contribution >= 0.6 is 0 Å². The van der Waals surface area contributed by atoms with Crippen molar-refractivity contribution in [3.8, 4) is 0 Å². The van der Waals surface area contributed by atoms with Crippen LogP contribution in [0.25, 0.3) is 0 Å². The number of aliphatic hydroxyl groups excluding tert-OH is 1. The third-order valence-electron chi connectivity index (χ3n) is 3.47. The molecule has 1 saturated carbocycles. The van der Waals surface area contributed by atoms with Crippen LogP contribution in [-0.2, 0) is 14.3 Å². The Balaban J connectivity index is 2.70. The molecular formula is C15H26N2O4. The normalized spacial score (nSPS) is 16.9. The monoisotopic (exact) mass is 298 g/mol.